The Labute approximate surface area is 107 Å². The predicted octanol–water partition coefficient (Wildman–Crippen LogP) is 2.80. The average Bonchev–Trinajstić information content (AvgIpc) is 2.38. The quantitative estimate of drug-likeness (QED) is 0.896. The number of benzene rings is 1. The van der Waals surface area contributed by atoms with Crippen molar-refractivity contribution in [1.82, 2.24) is 0 Å². The summed E-state index contributed by atoms with van der Waals surface area (Å²) in [7, 11) is 0. The lowest BCUT2D eigenvalue weighted by atomic mass is 10.1. The minimum Gasteiger partial charge on any atom is -0.366 e. The van der Waals surface area contributed by atoms with E-state index in [0.29, 0.717) is 17.7 Å². The molecule has 0 aromatic heterocycles. The van der Waals surface area contributed by atoms with Gasteiger partial charge in [-0.1, -0.05) is 6.08 Å². The second-order valence-electron chi connectivity index (χ2n) is 4.06. The van der Waals surface area contributed by atoms with E-state index in [1.165, 1.54) is 18.3 Å². The molecule has 2 rings (SSSR count). The van der Waals surface area contributed by atoms with Gasteiger partial charge < -0.3 is 10.6 Å². The van der Waals surface area contributed by atoms with E-state index in [2.05, 4.69) is 0 Å². The molecule has 0 bridgehead atoms. The molecule has 1 aromatic carbocycles. The number of hydrogen-bond acceptors (Lipinski definition) is 2. The fourth-order valence-corrected chi connectivity index (χ4v) is 1.70. The van der Waals surface area contributed by atoms with Crippen molar-refractivity contribution in [3.63, 3.8) is 0 Å². The highest BCUT2D eigenvalue weighted by atomic mass is 19.4. The van der Waals surface area contributed by atoms with Gasteiger partial charge in [-0.05, 0) is 30.7 Å². The number of anilines is 1. The molecule has 19 heavy (non-hydrogen) atoms. The third-order valence-corrected chi connectivity index (χ3v) is 2.71. The van der Waals surface area contributed by atoms with Crippen LogP contribution in [-0.2, 0) is 11.0 Å². The van der Waals surface area contributed by atoms with E-state index in [-0.39, 0.29) is 0 Å². The van der Waals surface area contributed by atoms with Gasteiger partial charge in [0.05, 0.1) is 5.56 Å². The van der Waals surface area contributed by atoms with Gasteiger partial charge in [0.2, 0.25) is 5.91 Å². The molecule has 1 amide bonds. The molecule has 0 saturated carbocycles. The van der Waals surface area contributed by atoms with E-state index < -0.39 is 17.6 Å². The summed E-state index contributed by atoms with van der Waals surface area (Å²) in [5.74, 6) is -0.540. The fourth-order valence-electron chi connectivity index (χ4n) is 1.70. The Morgan fingerprint density at radius 3 is 2.37 bits per heavy atom. The number of primary amides is 1. The Morgan fingerprint density at radius 2 is 1.84 bits per heavy atom. The highest BCUT2D eigenvalue weighted by molar-refractivity contribution is 5.93. The number of carbonyl (C=O) groups is 1. The fraction of sp³-hybridized carbons (Fsp3) is 0.154. The van der Waals surface area contributed by atoms with Crippen LogP contribution in [0.3, 0.4) is 0 Å². The van der Waals surface area contributed by atoms with Crippen LogP contribution in [0, 0.1) is 0 Å². The first-order valence-electron chi connectivity index (χ1n) is 5.50. The Morgan fingerprint density at radius 1 is 1.21 bits per heavy atom. The van der Waals surface area contributed by atoms with Crippen molar-refractivity contribution in [2.75, 3.05) is 4.90 Å². The number of hydrogen-bond donors (Lipinski definition) is 1. The molecule has 100 valence electrons. The summed E-state index contributed by atoms with van der Waals surface area (Å²) in [5, 5.41) is 0. The zero-order chi connectivity index (χ0) is 14.0. The van der Waals surface area contributed by atoms with Gasteiger partial charge in [-0.15, -0.1) is 0 Å². The molecule has 1 aromatic rings. The van der Waals surface area contributed by atoms with Crippen LogP contribution < -0.4 is 10.6 Å². The number of allylic oxidation sites excluding steroid dienone is 1. The molecule has 6 heteroatoms. The summed E-state index contributed by atoms with van der Waals surface area (Å²) < 4.78 is 37.3. The zero-order valence-corrected chi connectivity index (χ0v) is 9.82. The van der Waals surface area contributed by atoms with Gasteiger partial charge in [0.25, 0.3) is 0 Å². The largest absolute Gasteiger partial charge is 0.416 e. The Balaban J connectivity index is 2.25. The Bertz CT molecular complexity index is 544. The van der Waals surface area contributed by atoms with Gasteiger partial charge in [-0.25, -0.2) is 0 Å². The molecule has 0 radical (unpaired) electrons. The van der Waals surface area contributed by atoms with Crippen molar-refractivity contribution in [2.24, 2.45) is 5.73 Å². The lowest BCUT2D eigenvalue weighted by molar-refractivity contribution is -0.137. The Hall–Kier alpha value is -2.24. The number of carbonyl (C=O) groups excluding carboxylic acids is 1. The first-order valence-corrected chi connectivity index (χ1v) is 5.50. The summed E-state index contributed by atoms with van der Waals surface area (Å²) in [4.78, 5) is 12.6. The summed E-state index contributed by atoms with van der Waals surface area (Å²) in [6.07, 6.45) is 0.981. The highest BCUT2D eigenvalue weighted by Gasteiger charge is 2.30. The predicted molar refractivity (Wildman–Crippen MR) is 65.0 cm³/mol. The van der Waals surface area contributed by atoms with Crippen LogP contribution in [0.2, 0.25) is 0 Å². The smallest absolute Gasteiger partial charge is 0.366 e. The summed E-state index contributed by atoms with van der Waals surface area (Å²) in [5.41, 5.74) is 5.40. The van der Waals surface area contributed by atoms with E-state index in [0.717, 1.165) is 12.1 Å². The van der Waals surface area contributed by atoms with Crippen LogP contribution in [0.15, 0.2) is 48.3 Å². The maximum Gasteiger partial charge on any atom is 0.416 e. The van der Waals surface area contributed by atoms with Crippen molar-refractivity contribution in [1.29, 1.82) is 0 Å². The van der Waals surface area contributed by atoms with Gasteiger partial charge in [-0.3, -0.25) is 4.79 Å². The molecule has 2 N–H and O–H groups in total. The van der Waals surface area contributed by atoms with Crippen LogP contribution in [0.1, 0.15) is 12.0 Å². The summed E-state index contributed by atoms with van der Waals surface area (Å²) in [6.45, 7) is 0. The number of amides is 1. The van der Waals surface area contributed by atoms with E-state index in [1.807, 2.05) is 0 Å². The van der Waals surface area contributed by atoms with E-state index in [4.69, 9.17) is 5.73 Å². The molecule has 1 heterocycles. The Kier molecular flexibility index (Phi) is 3.33. The topological polar surface area (TPSA) is 46.3 Å². The summed E-state index contributed by atoms with van der Waals surface area (Å²) >= 11 is 0. The number of rotatable bonds is 2. The van der Waals surface area contributed by atoms with Crippen LogP contribution in [0.5, 0.6) is 0 Å². The minimum absolute atomic E-state index is 0.405. The molecule has 0 aliphatic carbocycles. The third kappa shape index (κ3) is 2.96. The molecule has 0 spiro atoms. The van der Waals surface area contributed by atoms with E-state index in [9.17, 15) is 18.0 Å². The average molecular weight is 268 g/mol. The van der Waals surface area contributed by atoms with E-state index in [1.54, 1.807) is 17.2 Å². The van der Waals surface area contributed by atoms with Crippen LogP contribution >= 0.6 is 0 Å². The number of halogens is 3. The maximum absolute atomic E-state index is 12.4. The standard InChI is InChI=1S/C13H11F3N2O/c14-13(15,16)10-3-5-11(6-4-10)18-7-1-2-9(8-18)12(17)19/h1,3-8H,2H2,(H2,17,19). The third-order valence-electron chi connectivity index (χ3n) is 2.71. The lowest BCUT2D eigenvalue weighted by Gasteiger charge is -2.21. The van der Waals surface area contributed by atoms with Crippen molar-refractivity contribution in [3.05, 3.63) is 53.9 Å². The molecule has 1 aliphatic rings. The van der Waals surface area contributed by atoms with Crippen molar-refractivity contribution >= 4 is 11.6 Å². The maximum atomic E-state index is 12.4. The number of nitrogens with two attached hydrogens (primary N) is 1. The second kappa shape index (κ2) is 4.79. The number of alkyl halides is 3. The van der Waals surface area contributed by atoms with Gasteiger partial charge >= 0.3 is 6.18 Å². The van der Waals surface area contributed by atoms with Crippen LogP contribution in [-0.4, -0.2) is 5.91 Å². The monoisotopic (exact) mass is 268 g/mol. The highest BCUT2D eigenvalue weighted by Crippen LogP contribution is 2.31. The van der Waals surface area contributed by atoms with Gasteiger partial charge in [0.15, 0.2) is 0 Å². The van der Waals surface area contributed by atoms with Crippen molar-refractivity contribution < 1.29 is 18.0 Å². The zero-order valence-electron chi connectivity index (χ0n) is 9.82. The lowest BCUT2D eigenvalue weighted by Crippen LogP contribution is -2.20. The summed E-state index contributed by atoms with van der Waals surface area (Å²) in [6, 6.07) is 4.67. The molecule has 0 fully saturated rings. The van der Waals surface area contributed by atoms with Crippen molar-refractivity contribution in [3.8, 4) is 0 Å². The minimum atomic E-state index is -4.36. The first-order chi connectivity index (χ1) is 8.88. The molecule has 0 saturated heterocycles. The molecular formula is C13H11F3N2O. The molecule has 3 nitrogen and oxygen atoms in total. The van der Waals surface area contributed by atoms with Crippen LogP contribution in [0.25, 0.3) is 0 Å². The second-order valence-corrected chi connectivity index (χ2v) is 4.06. The van der Waals surface area contributed by atoms with E-state index >= 15 is 0 Å². The number of nitrogens with zero attached hydrogens (tertiary/aromatic N) is 1. The van der Waals surface area contributed by atoms with Crippen LogP contribution in [0.4, 0.5) is 18.9 Å². The molecule has 0 unspecified atom stereocenters. The van der Waals surface area contributed by atoms with Crippen molar-refractivity contribution in [2.45, 2.75) is 12.6 Å². The normalized spacial score (nSPS) is 15.3. The van der Waals surface area contributed by atoms with Gasteiger partial charge in [-0.2, -0.15) is 13.2 Å². The molecule has 0 atom stereocenters. The van der Waals surface area contributed by atoms with Gasteiger partial charge in [0, 0.05) is 23.7 Å². The van der Waals surface area contributed by atoms with Gasteiger partial charge in [0.1, 0.15) is 0 Å². The SMILES string of the molecule is NC(=O)C1=CN(c2ccc(C(F)(F)F)cc2)C=CC1. The molecule has 1 aliphatic heterocycles. The first kappa shape index (κ1) is 13.2. The molecular weight excluding hydrogens is 257 g/mol.